The van der Waals surface area contributed by atoms with Crippen LogP contribution in [0, 0.1) is 0 Å². The molecule has 1 radical (unpaired) electrons. The molecule has 0 spiro atoms. The Morgan fingerprint density at radius 2 is 2.25 bits per heavy atom. The normalized spacial score (nSPS) is 11.1. The molecule has 0 rings (SSSR count). The van der Waals surface area contributed by atoms with Gasteiger partial charge in [-0.2, -0.15) is 8.42 Å². The summed E-state index contributed by atoms with van der Waals surface area (Å²) in [5.74, 6) is 0. The van der Waals surface area contributed by atoms with Gasteiger partial charge in [0.25, 0.3) is 0 Å². The molecule has 5 heteroatoms. The van der Waals surface area contributed by atoms with E-state index in [1.165, 1.54) is 6.08 Å². The highest BCUT2D eigenvalue weighted by atomic mass is 32.2. The second-order valence-corrected chi connectivity index (χ2v) is 2.17. The highest BCUT2D eigenvalue weighted by Gasteiger charge is 1.98. The average molecular weight is 136 g/mol. The van der Waals surface area contributed by atoms with Crippen molar-refractivity contribution in [3.63, 3.8) is 0 Å². The molecule has 0 heterocycles. The summed E-state index contributed by atoms with van der Waals surface area (Å²) in [5.41, 5.74) is 0. The first-order valence-electron chi connectivity index (χ1n) is 1.81. The van der Waals surface area contributed by atoms with Gasteiger partial charge in [-0.05, 0) is 0 Å². The Balaban J connectivity index is 3.57. The molecule has 0 aliphatic heterocycles. The minimum Gasteiger partial charge on any atom is -0.253 e. The number of hydrogen-bond acceptors (Lipinski definition) is 3. The van der Waals surface area contributed by atoms with Crippen molar-refractivity contribution in [3.8, 4) is 0 Å². The van der Waals surface area contributed by atoms with Crippen LogP contribution in [0.4, 0.5) is 0 Å². The Kier molecular flexibility index (Phi) is 2.67. The molecule has 4 nitrogen and oxygen atoms in total. The minimum absolute atomic E-state index is 0.133. The minimum atomic E-state index is -4.01. The zero-order valence-electron chi connectivity index (χ0n) is 4.12. The zero-order valence-corrected chi connectivity index (χ0v) is 4.94. The maximum Gasteiger partial charge on any atom is 0.350 e. The van der Waals surface area contributed by atoms with Gasteiger partial charge in [0.05, 0.1) is 6.61 Å². The van der Waals surface area contributed by atoms with Gasteiger partial charge in [0.15, 0.2) is 0 Å². The molecule has 0 unspecified atom stereocenters. The molecule has 0 aromatic carbocycles. The molecule has 47 valence electrons. The van der Waals surface area contributed by atoms with Gasteiger partial charge in [0.1, 0.15) is 0 Å². The second-order valence-electron chi connectivity index (χ2n) is 1.03. The van der Waals surface area contributed by atoms with E-state index in [0.29, 0.717) is 0 Å². The fraction of sp³-hybridized carbons (Fsp3) is 0.333. The van der Waals surface area contributed by atoms with Crippen molar-refractivity contribution in [2.45, 2.75) is 0 Å². The second kappa shape index (κ2) is 2.81. The summed E-state index contributed by atoms with van der Waals surface area (Å²) in [6.45, 7) is 3.06. The van der Waals surface area contributed by atoms with Crippen LogP contribution in [0.2, 0.25) is 0 Å². The van der Waals surface area contributed by atoms with E-state index in [4.69, 9.17) is 5.14 Å². The largest absolute Gasteiger partial charge is 0.350 e. The lowest BCUT2D eigenvalue weighted by molar-refractivity contribution is 0.357. The van der Waals surface area contributed by atoms with Crippen molar-refractivity contribution in [2.24, 2.45) is 0 Å². The van der Waals surface area contributed by atoms with Crippen molar-refractivity contribution in [1.82, 2.24) is 5.14 Å². The van der Waals surface area contributed by atoms with Crippen LogP contribution < -0.4 is 5.14 Å². The fourth-order valence-electron chi connectivity index (χ4n) is 0.138. The maximum absolute atomic E-state index is 9.79. The van der Waals surface area contributed by atoms with Crippen molar-refractivity contribution in [1.29, 1.82) is 0 Å². The van der Waals surface area contributed by atoms with E-state index in [9.17, 15) is 8.42 Å². The summed E-state index contributed by atoms with van der Waals surface area (Å²) < 4.78 is 23.5. The lowest BCUT2D eigenvalue weighted by Gasteiger charge is -1.90. The standard InChI is InChI=1S/C3H6NO3S/c1-2-3-7-8(4,5)6/h2,4H,1,3H2. The quantitative estimate of drug-likeness (QED) is 0.501. The lowest BCUT2D eigenvalue weighted by Crippen LogP contribution is -2.04. The maximum atomic E-state index is 9.79. The summed E-state index contributed by atoms with van der Waals surface area (Å²) in [6.07, 6.45) is 1.26. The monoisotopic (exact) mass is 136 g/mol. The Hall–Kier alpha value is -0.390. The smallest absolute Gasteiger partial charge is 0.253 e. The molecule has 0 amide bonds. The topological polar surface area (TPSA) is 67.2 Å². The molecule has 0 aliphatic rings. The summed E-state index contributed by atoms with van der Waals surface area (Å²) >= 11 is 0. The van der Waals surface area contributed by atoms with Crippen LogP contribution in [-0.2, 0) is 14.5 Å². The predicted molar refractivity (Wildman–Crippen MR) is 28.2 cm³/mol. The Morgan fingerprint density at radius 3 is 2.38 bits per heavy atom. The first-order valence-corrected chi connectivity index (χ1v) is 3.22. The Morgan fingerprint density at radius 1 is 1.75 bits per heavy atom. The number of nitrogens with one attached hydrogen (secondary N) is 1. The van der Waals surface area contributed by atoms with Crippen LogP contribution in [0.3, 0.4) is 0 Å². The first-order chi connectivity index (χ1) is 3.56. The van der Waals surface area contributed by atoms with Gasteiger partial charge in [-0.15, -0.1) is 11.7 Å². The average Bonchev–Trinajstić information content (AvgIpc) is 1.59. The molecule has 0 fully saturated rings. The number of rotatable bonds is 3. The van der Waals surface area contributed by atoms with Crippen LogP contribution in [0.25, 0.3) is 0 Å². The molecule has 0 aromatic heterocycles. The Bertz CT molecular complexity index is 159. The summed E-state index contributed by atoms with van der Waals surface area (Å²) in [5, 5.41) is 6.14. The van der Waals surface area contributed by atoms with Crippen LogP contribution in [-0.4, -0.2) is 15.0 Å². The van der Waals surface area contributed by atoms with E-state index in [-0.39, 0.29) is 6.61 Å². The van der Waals surface area contributed by atoms with E-state index in [0.717, 1.165) is 0 Å². The predicted octanol–water partition coefficient (Wildman–Crippen LogP) is -0.283. The molecule has 1 N–H and O–H groups in total. The van der Waals surface area contributed by atoms with Gasteiger partial charge in [0.2, 0.25) is 0 Å². The van der Waals surface area contributed by atoms with Gasteiger partial charge in [-0.1, -0.05) is 6.08 Å². The van der Waals surface area contributed by atoms with Crippen LogP contribution in [0.15, 0.2) is 12.7 Å². The third kappa shape index (κ3) is 5.61. The molecule has 0 saturated heterocycles. The fourth-order valence-corrected chi connectivity index (χ4v) is 0.413. The molecule has 0 aromatic rings. The Labute approximate surface area is 48.2 Å². The SMILES string of the molecule is C=CCOS([NH])(=O)=O. The third-order valence-corrected chi connectivity index (χ3v) is 0.787. The molecule has 8 heavy (non-hydrogen) atoms. The van der Waals surface area contributed by atoms with Crippen molar-refractivity contribution in [2.75, 3.05) is 6.61 Å². The third-order valence-electron chi connectivity index (χ3n) is 0.341. The van der Waals surface area contributed by atoms with E-state index in [2.05, 4.69) is 10.8 Å². The van der Waals surface area contributed by atoms with Crippen LogP contribution in [0.5, 0.6) is 0 Å². The molecule has 0 atom stereocenters. The lowest BCUT2D eigenvalue weighted by atomic mass is 10.7. The van der Waals surface area contributed by atoms with E-state index >= 15 is 0 Å². The van der Waals surface area contributed by atoms with Crippen molar-refractivity contribution in [3.05, 3.63) is 12.7 Å². The van der Waals surface area contributed by atoms with Gasteiger partial charge in [-0.25, -0.2) is 0 Å². The van der Waals surface area contributed by atoms with Gasteiger partial charge in [-0.3, -0.25) is 4.18 Å². The van der Waals surface area contributed by atoms with E-state index in [1.54, 1.807) is 0 Å². The number of hydrogen-bond donors (Lipinski definition) is 0. The van der Waals surface area contributed by atoms with Crippen LogP contribution in [0.1, 0.15) is 0 Å². The molecular formula is C3H6NO3S. The molecule has 0 bridgehead atoms. The van der Waals surface area contributed by atoms with E-state index < -0.39 is 10.3 Å². The first kappa shape index (κ1) is 7.61. The molecule has 0 saturated carbocycles. The molecule has 0 aliphatic carbocycles. The highest BCUT2D eigenvalue weighted by Crippen LogP contribution is 1.82. The van der Waals surface area contributed by atoms with Crippen molar-refractivity contribution >= 4 is 10.3 Å². The zero-order chi connectivity index (χ0) is 6.62. The van der Waals surface area contributed by atoms with Crippen LogP contribution >= 0.6 is 0 Å². The summed E-state index contributed by atoms with van der Waals surface area (Å²) in [6, 6.07) is 0. The highest BCUT2D eigenvalue weighted by molar-refractivity contribution is 7.84. The van der Waals surface area contributed by atoms with Crippen molar-refractivity contribution < 1.29 is 12.6 Å². The van der Waals surface area contributed by atoms with Gasteiger partial charge >= 0.3 is 10.3 Å². The van der Waals surface area contributed by atoms with Gasteiger partial charge < -0.3 is 0 Å². The van der Waals surface area contributed by atoms with E-state index in [1.807, 2.05) is 0 Å². The summed E-state index contributed by atoms with van der Waals surface area (Å²) in [4.78, 5) is 0. The molecular weight excluding hydrogens is 130 g/mol. The van der Waals surface area contributed by atoms with Gasteiger partial charge in [0, 0.05) is 0 Å². The summed E-state index contributed by atoms with van der Waals surface area (Å²) in [7, 11) is -4.01.